The van der Waals surface area contributed by atoms with Crippen molar-refractivity contribution in [3.63, 3.8) is 0 Å². The number of benzene rings is 2. The predicted octanol–water partition coefficient (Wildman–Crippen LogP) is 3.50. The van der Waals surface area contributed by atoms with Gasteiger partial charge in [0.05, 0.1) is 18.9 Å². The third kappa shape index (κ3) is 5.92. The van der Waals surface area contributed by atoms with Crippen molar-refractivity contribution >= 4 is 44.9 Å². The van der Waals surface area contributed by atoms with Gasteiger partial charge in [-0.25, -0.2) is 0 Å². The summed E-state index contributed by atoms with van der Waals surface area (Å²) in [5.41, 5.74) is 2.67. The molecular weight excluding hydrogens is 488 g/mol. The molecule has 3 N–H and O–H groups in total. The van der Waals surface area contributed by atoms with E-state index in [1.54, 1.807) is 7.11 Å². The van der Waals surface area contributed by atoms with Crippen LogP contribution in [0.25, 0.3) is 10.2 Å². The van der Waals surface area contributed by atoms with Crippen LogP contribution < -0.4 is 20.3 Å². The fraction of sp³-hybridized carbons (Fsp3) is 0.296. The minimum Gasteiger partial charge on any atom is -0.497 e. The molecule has 1 fully saturated rings. The van der Waals surface area contributed by atoms with E-state index >= 15 is 0 Å². The van der Waals surface area contributed by atoms with Crippen molar-refractivity contribution in [3.8, 4) is 5.75 Å². The first-order valence-corrected chi connectivity index (χ1v) is 13.0. The summed E-state index contributed by atoms with van der Waals surface area (Å²) < 4.78 is 5.23. The fourth-order valence-corrected chi connectivity index (χ4v) is 5.31. The SMILES string of the molecule is COc1cccc(CNC(=O)Cc2cc3c(NC(=O)c4ccc(N5CCN(C)CC5)cc4)[nH]nc3s2)c1. The van der Waals surface area contributed by atoms with Crippen molar-refractivity contribution in [1.82, 2.24) is 20.4 Å². The maximum absolute atomic E-state index is 12.9. The summed E-state index contributed by atoms with van der Waals surface area (Å²) in [6.07, 6.45) is 0.242. The number of rotatable bonds is 8. The van der Waals surface area contributed by atoms with E-state index < -0.39 is 0 Å². The van der Waals surface area contributed by atoms with Crippen LogP contribution in [0.4, 0.5) is 11.5 Å². The Bertz CT molecular complexity index is 1390. The molecule has 0 bridgehead atoms. The van der Waals surface area contributed by atoms with Crippen LogP contribution in [0.3, 0.4) is 0 Å². The Labute approximate surface area is 219 Å². The number of amides is 2. The Balaban J connectivity index is 1.18. The second-order valence-corrected chi connectivity index (χ2v) is 10.2. The number of H-pyrrole nitrogens is 1. The van der Waals surface area contributed by atoms with Crippen molar-refractivity contribution in [3.05, 3.63) is 70.6 Å². The van der Waals surface area contributed by atoms with Crippen molar-refractivity contribution in [2.24, 2.45) is 0 Å². The number of nitrogens with zero attached hydrogens (tertiary/aromatic N) is 3. The fourth-order valence-electron chi connectivity index (χ4n) is 4.32. The number of piperazine rings is 1. The Morgan fingerprint density at radius 2 is 1.86 bits per heavy atom. The number of likely N-dealkylation sites (N-methyl/N-ethyl adjacent to an activating group) is 1. The number of thiophene rings is 1. The molecule has 4 aromatic rings. The maximum Gasteiger partial charge on any atom is 0.256 e. The van der Waals surface area contributed by atoms with E-state index in [1.807, 2.05) is 54.6 Å². The van der Waals surface area contributed by atoms with Crippen LogP contribution in [0, 0.1) is 0 Å². The second kappa shape index (κ2) is 11.0. The molecule has 3 heterocycles. The molecule has 0 saturated carbocycles. The highest BCUT2D eigenvalue weighted by atomic mass is 32.1. The van der Waals surface area contributed by atoms with Gasteiger partial charge in [0.15, 0.2) is 0 Å². The highest BCUT2D eigenvalue weighted by molar-refractivity contribution is 7.18. The van der Waals surface area contributed by atoms with Crippen molar-refractivity contribution in [2.45, 2.75) is 13.0 Å². The minimum atomic E-state index is -0.209. The number of methoxy groups -OCH3 is 1. The molecule has 9 nitrogen and oxygen atoms in total. The largest absolute Gasteiger partial charge is 0.497 e. The number of hydrogen-bond donors (Lipinski definition) is 3. The molecule has 10 heteroatoms. The lowest BCUT2D eigenvalue weighted by Gasteiger charge is -2.34. The van der Waals surface area contributed by atoms with Gasteiger partial charge in [0.2, 0.25) is 5.91 Å². The van der Waals surface area contributed by atoms with E-state index in [1.165, 1.54) is 11.3 Å². The number of carbonyl (C=O) groups excluding carboxylic acids is 2. The number of hydrogen-bond acceptors (Lipinski definition) is 7. The molecule has 2 aromatic heterocycles. The summed E-state index contributed by atoms with van der Waals surface area (Å²) in [5.74, 6) is 0.995. The van der Waals surface area contributed by atoms with E-state index in [2.05, 4.69) is 37.7 Å². The number of aromatic nitrogens is 2. The van der Waals surface area contributed by atoms with Gasteiger partial charge in [0.1, 0.15) is 16.4 Å². The number of carbonyl (C=O) groups is 2. The molecule has 2 amide bonds. The molecule has 1 saturated heterocycles. The first-order chi connectivity index (χ1) is 18.0. The normalized spacial score (nSPS) is 14.1. The van der Waals surface area contributed by atoms with Crippen LogP contribution in [0.5, 0.6) is 5.75 Å². The summed E-state index contributed by atoms with van der Waals surface area (Å²) >= 11 is 1.43. The molecule has 192 valence electrons. The lowest BCUT2D eigenvalue weighted by molar-refractivity contribution is -0.120. The van der Waals surface area contributed by atoms with Crippen LogP contribution >= 0.6 is 11.3 Å². The third-order valence-corrected chi connectivity index (χ3v) is 7.53. The Morgan fingerprint density at radius 3 is 2.62 bits per heavy atom. The summed E-state index contributed by atoms with van der Waals surface area (Å²) in [7, 11) is 3.75. The van der Waals surface area contributed by atoms with Crippen molar-refractivity contribution in [1.29, 1.82) is 0 Å². The van der Waals surface area contributed by atoms with E-state index in [-0.39, 0.29) is 18.2 Å². The zero-order chi connectivity index (χ0) is 25.8. The first kappa shape index (κ1) is 24.8. The lowest BCUT2D eigenvalue weighted by Crippen LogP contribution is -2.44. The molecule has 0 atom stereocenters. The van der Waals surface area contributed by atoms with E-state index in [0.717, 1.165) is 58.3 Å². The molecule has 0 radical (unpaired) electrons. The summed E-state index contributed by atoms with van der Waals surface area (Å²) in [6.45, 7) is 4.45. The van der Waals surface area contributed by atoms with E-state index in [4.69, 9.17) is 4.74 Å². The number of fused-ring (bicyclic) bond motifs is 1. The highest BCUT2D eigenvalue weighted by Crippen LogP contribution is 2.30. The van der Waals surface area contributed by atoms with Gasteiger partial charge in [-0.05, 0) is 55.1 Å². The maximum atomic E-state index is 12.9. The number of ether oxygens (including phenoxy) is 1. The number of aromatic amines is 1. The van der Waals surface area contributed by atoms with Gasteiger partial charge >= 0.3 is 0 Å². The second-order valence-electron chi connectivity index (χ2n) is 9.13. The van der Waals surface area contributed by atoms with Crippen LogP contribution in [0.1, 0.15) is 20.8 Å². The smallest absolute Gasteiger partial charge is 0.256 e. The van der Waals surface area contributed by atoms with Crippen molar-refractivity contribution < 1.29 is 14.3 Å². The monoisotopic (exact) mass is 518 g/mol. The minimum absolute atomic E-state index is 0.0817. The van der Waals surface area contributed by atoms with Gasteiger partial charge in [-0.2, -0.15) is 5.10 Å². The summed E-state index contributed by atoms with van der Waals surface area (Å²) in [6, 6.07) is 17.2. The molecule has 0 unspecified atom stereocenters. The molecule has 1 aliphatic rings. The van der Waals surface area contributed by atoms with Gasteiger partial charge in [-0.1, -0.05) is 12.1 Å². The predicted molar refractivity (Wildman–Crippen MR) is 147 cm³/mol. The first-order valence-electron chi connectivity index (χ1n) is 12.2. The average molecular weight is 519 g/mol. The van der Waals surface area contributed by atoms with Gasteiger partial charge in [0, 0.05) is 48.9 Å². The highest BCUT2D eigenvalue weighted by Gasteiger charge is 2.17. The van der Waals surface area contributed by atoms with Crippen molar-refractivity contribution in [2.75, 3.05) is 50.6 Å². The Morgan fingerprint density at radius 1 is 1.08 bits per heavy atom. The van der Waals surface area contributed by atoms with Crippen LogP contribution in [0.15, 0.2) is 54.6 Å². The van der Waals surface area contributed by atoms with Gasteiger partial charge in [-0.3, -0.25) is 14.7 Å². The molecule has 1 aliphatic heterocycles. The van der Waals surface area contributed by atoms with E-state index in [0.29, 0.717) is 17.9 Å². The molecule has 0 aliphatic carbocycles. The zero-order valence-corrected chi connectivity index (χ0v) is 21.7. The topological polar surface area (TPSA) is 103 Å². The van der Waals surface area contributed by atoms with Crippen LogP contribution in [-0.2, 0) is 17.8 Å². The molecule has 0 spiro atoms. The number of anilines is 2. The van der Waals surface area contributed by atoms with Gasteiger partial charge in [0.25, 0.3) is 5.91 Å². The Hall–Kier alpha value is -3.89. The molecular formula is C27H30N6O3S. The Kier molecular flexibility index (Phi) is 7.38. The standard InChI is InChI=1S/C27H30N6O3S/c1-32-10-12-33(13-11-32)20-8-6-19(7-9-20)26(35)29-25-23-15-22(37-27(23)31-30-25)16-24(34)28-17-18-4-3-5-21(14-18)36-2/h3-9,14-15H,10-13,16-17H2,1-2H3,(H,28,34)(H2,29,30,31,35). The zero-order valence-electron chi connectivity index (χ0n) is 20.9. The summed E-state index contributed by atoms with van der Waals surface area (Å²) in [4.78, 5) is 31.7. The molecule has 5 rings (SSSR count). The van der Waals surface area contributed by atoms with Gasteiger partial charge < -0.3 is 25.2 Å². The molecule has 2 aromatic carbocycles. The van der Waals surface area contributed by atoms with Crippen LogP contribution in [0.2, 0.25) is 0 Å². The average Bonchev–Trinajstić information content (AvgIpc) is 3.49. The number of nitrogens with one attached hydrogen (secondary N) is 3. The summed E-state index contributed by atoms with van der Waals surface area (Å²) in [5, 5.41) is 13.9. The van der Waals surface area contributed by atoms with E-state index in [9.17, 15) is 9.59 Å². The third-order valence-electron chi connectivity index (χ3n) is 6.50. The van der Waals surface area contributed by atoms with Gasteiger partial charge in [-0.15, -0.1) is 11.3 Å². The van der Waals surface area contributed by atoms with Crippen LogP contribution in [-0.4, -0.2) is 67.2 Å². The quantitative estimate of drug-likeness (QED) is 0.330. The lowest BCUT2D eigenvalue weighted by atomic mass is 10.1. The molecule has 37 heavy (non-hydrogen) atoms.